The van der Waals surface area contributed by atoms with Gasteiger partial charge in [0.05, 0.1) is 11.3 Å². The van der Waals surface area contributed by atoms with Crippen LogP contribution in [-0.2, 0) is 0 Å². The molecule has 0 heterocycles. The molecule has 0 aromatic heterocycles. The summed E-state index contributed by atoms with van der Waals surface area (Å²) < 4.78 is 0.739. The number of nitrogen functional groups attached to an aromatic ring is 1. The largest absolute Gasteiger partial charge is 0.399 e. The van der Waals surface area contributed by atoms with Crippen LogP contribution >= 0.6 is 15.9 Å². The summed E-state index contributed by atoms with van der Waals surface area (Å²) >= 11 is 3.31. The van der Waals surface area contributed by atoms with Gasteiger partial charge in [-0.05, 0) is 30.3 Å². The Morgan fingerprint density at radius 2 is 2.00 bits per heavy atom. The normalized spacial score (nSPS) is 9.85. The molecule has 0 saturated heterocycles. The van der Waals surface area contributed by atoms with Gasteiger partial charge in [-0.25, -0.2) is 0 Å². The van der Waals surface area contributed by atoms with Crippen molar-refractivity contribution >= 4 is 33.2 Å². The van der Waals surface area contributed by atoms with E-state index in [2.05, 4.69) is 22.0 Å². The molecule has 100 valence electrons. The minimum atomic E-state index is -0.222. The monoisotopic (exact) mass is 329 g/mol. The summed E-state index contributed by atoms with van der Waals surface area (Å²) in [5.74, 6) is -0.222. The number of carbonyl (C=O) groups excluding carboxylic acids is 1. The predicted octanol–water partition coefficient (Wildman–Crippen LogP) is 3.18. The number of hydrogen-bond donors (Lipinski definition) is 1. The number of halogens is 1. The number of rotatable bonds is 2. The molecule has 20 heavy (non-hydrogen) atoms. The minimum absolute atomic E-state index is 0.222. The van der Waals surface area contributed by atoms with Crippen molar-refractivity contribution in [3.8, 4) is 6.07 Å². The van der Waals surface area contributed by atoms with Crippen molar-refractivity contribution in [3.63, 3.8) is 0 Å². The number of nitrogens with zero attached hydrogens (tertiary/aromatic N) is 2. The summed E-state index contributed by atoms with van der Waals surface area (Å²) in [6.07, 6.45) is 0. The van der Waals surface area contributed by atoms with Gasteiger partial charge in [-0.15, -0.1) is 0 Å². The fourth-order valence-electron chi connectivity index (χ4n) is 1.90. The van der Waals surface area contributed by atoms with Crippen LogP contribution in [0.15, 0.2) is 46.9 Å². The molecule has 5 heteroatoms. The van der Waals surface area contributed by atoms with Crippen molar-refractivity contribution in [3.05, 3.63) is 58.1 Å². The SMILES string of the molecule is CN(C(=O)c1cc(N)cc(Br)c1)c1ccccc1C#N. The van der Waals surface area contributed by atoms with E-state index in [1.54, 1.807) is 49.5 Å². The van der Waals surface area contributed by atoms with Gasteiger partial charge >= 0.3 is 0 Å². The second-order valence-corrected chi connectivity index (χ2v) is 5.18. The molecule has 1 amide bonds. The third-order valence-electron chi connectivity index (χ3n) is 2.86. The number of para-hydroxylation sites is 1. The highest BCUT2D eigenvalue weighted by Gasteiger charge is 2.16. The van der Waals surface area contributed by atoms with Gasteiger partial charge < -0.3 is 10.6 Å². The number of anilines is 2. The quantitative estimate of drug-likeness (QED) is 0.860. The Bertz CT molecular complexity index is 686. The summed E-state index contributed by atoms with van der Waals surface area (Å²) in [6.45, 7) is 0. The third kappa shape index (κ3) is 2.81. The first-order chi connectivity index (χ1) is 9.52. The molecule has 0 fully saturated rings. The van der Waals surface area contributed by atoms with Crippen molar-refractivity contribution in [2.24, 2.45) is 0 Å². The van der Waals surface area contributed by atoms with Gasteiger partial charge in [-0.3, -0.25) is 4.79 Å². The molecule has 0 aliphatic rings. The molecule has 0 aliphatic carbocycles. The lowest BCUT2D eigenvalue weighted by Gasteiger charge is -2.19. The van der Waals surface area contributed by atoms with Crippen LogP contribution in [0.4, 0.5) is 11.4 Å². The Morgan fingerprint density at radius 1 is 1.30 bits per heavy atom. The van der Waals surface area contributed by atoms with Crippen molar-refractivity contribution in [2.45, 2.75) is 0 Å². The second kappa shape index (κ2) is 5.76. The molecule has 2 rings (SSSR count). The van der Waals surface area contributed by atoms with E-state index in [0.29, 0.717) is 22.5 Å². The van der Waals surface area contributed by atoms with E-state index in [-0.39, 0.29) is 5.91 Å². The Morgan fingerprint density at radius 3 is 2.65 bits per heavy atom. The van der Waals surface area contributed by atoms with E-state index in [1.807, 2.05) is 0 Å². The molecule has 0 radical (unpaired) electrons. The number of nitrogens with two attached hydrogens (primary N) is 1. The van der Waals surface area contributed by atoms with E-state index in [1.165, 1.54) is 4.90 Å². The van der Waals surface area contributed by atoms with Crippen molar-refractivity contribution in [1.29, 1.82) is 5.26 Å². The average molecular weight is 330 g/mol. The maximum atomic E-state index is 12.5. The van der Waals surface area contributed by atoms with Gasteiger partial charge in [0.1, 0.15) is 6.07 Å². The Balaban J connectivity index is 2.40. The Labute approximate surface area is 125 Å². The molecule has 2 aromatic rings. The molecule has 0 spiro atoms. The van der Waals surface area contributed by atoms with Crippen LogP contribution in [0.3, 0.4) is 0 Å². The molecule has 0 aliphatic heterocycles. The van der Waals surface area contributed by atoms with Gasteiger partial charge in [-0.1, -0.05) is 28.1 Å². The fraction of sp³-hybridized carbons (Fsp3) is 0.0667. The van der Waals surface area contributed by atoms with E-state index in [4.69, 9.17) is 11.0 Å². The lowest BCUT2D eigenvalue weighted by Crippen LogP contribution is -2.27. The lowest BCUT2D eigenvalue weighted by molar-refractivity contribution is 0.0993. The van der Waals surface area contributed by atoms with E-state index in [9.17, 15) is 4.79 Å². The summed E-state index contributed by atoms with van der Waals surface area (Å²) in [5, 5.41) is 9.09. The van der Waals surface area contributed by atoms with Gasteiger partial charge in [-0.2, -0.15) is 5.26 Å². The Kier molecular flexibility index (Phi) is 4.06. The maximum absolute atomic E-state index is 12.5. The van der Waals surface area contributed by atoms with Crippen LogP contribution in [0, 0.1) is 11.3 Å². The van der Waals surface area contributed by atoms with Crippen molar-refractivity contribution in [2.75, 3.05) is 17.7 Å². The molecular weight excluding hydrogens is 318 g/mol. The molecule has 0 bridgehead atoms. The number of nitriles is 1. The first-order valence-corrected chi connectivity index (χ1v) is 6.65. The summed E-state index contributed by atoms with van der Waals surface area (Å²) in [6, 6.07) is 14.1. The second-order valence-electron chi connectivity index (χ2n) is 4.27. The first-order valence-electron chi connectivity index (χ1n) is 5.86. The number of benzene rings is 2. The van der Waals surface area contributed by atoms with E-state index >= 15 is 0 Å². The molecular formula is C15H12BrN3O. The maximum Gasteiger partial charge on any atom is 0.258 e. The summed E-state index contributed by atoms with van der Waals surface area (Å²) in [7, 11) is 1.63. The third-order valence-corrected chi connectivity index (χ3v) is 3.32. The van der Waals surface area contributed by atoms with Gasteiger partial charge in [0, 0.05) is 22.8 Å². The van der Waals surface area contributed by atoms with Crippen LogP contribution in [0.25, 0.3) is 0 Å². The van der Waals surface area contributed by atoms with Gasteiger partial charge in [0.25, 0.3) is 5.91 Å². The molecule has 2 aromatic carbocycles. The highest BCUT2D eigenvalue weighted by Crippen LogP contribution is 2.23. The van der Waals surface area contributed by atoms with Crippen LogP contribution in [0.1, 0.15) is 15.9 Å². The molecule has 4 nitrogen and oxygen atoms in total. The highest BCUT2D eigenvalue weighted by atomic mass is 79.9. The fourth-order valence-corrected chi connectivity index (χ4v) is 2.41. The molecule has 0 saturated carbocycles. The van der Waals surface area contributed by atoms with Gasteiger partial charge in [0.15, 0.2) is 0 Å². The smallest absolute Gasteiger partial charge is 0.258 e. The standard InChI is InChI=1S/C15H12BrN3O/c1-19(14-5-3-2-4-10(14)9-17)15(20)11-6-12(16)8-13(18)7-11/h2-8H,18H2,1H3. The van der Waals surface area contributed by atoms with Gasteiger partial charge in [0.2, 0.25) is 0 Å². The summed E-state index contributed by atoms with van der Waals surface area (Å²) in [5.41, 5.74) is 7.73. The van der Waals surface area contributed by atoms with E-state index in [0.717, 1.165) is 4.47 Å². The molecule has 0 atom stereocenters. The van der Waals surface area contributed by atoms with Crippen molar-refractivity contribution < 1.29 is 4.79 Å². The van der Waals surface area contributed by atoms with Crippen LogP contribution in [0.2, 0.25) is 0 Å². The number of carbonyl (C=O) groups is 1. The summed E-state index contributed by atoms with van der Waals surface area (Å²) in [4.78, 5) is 13.9. The number of amides is 1. The Hall–Kier alpha value is -2.32. The molecule has 0 unspecified atom stereocenters. The van der Waals surface area contributed by atoms with Crippen LogP contribution in [0.5, 0.6) is 0 Å². The zero-order valence-corrected chi connectivity index (χ0v) is 12.4. The molecule has 2 N–H and O–H groups in total. The lowest BCUT2D eigenvalue weighted by atomic mass is 10.1. The zero-order chi connectivity index (χ0) is 14.7. The number of hydrogen-bond acceptors (Lipinski definition) is 3. The van der Waals surface area contributed by atoms with E-state index < -0.39 is 0 Å². The van der Waals surface area contributed by atoms with Crippen LogP contribution in [-0.4, -0.2) is 13.0 Å². The van der Waals surface area contributed by atoms with Crippen LogP contribution < -0.4 is 10.6 Å². The zero-order valence-electron chi connectivity index (χ0n) is 10.8. The topological polar surface area (TPSA) is 70.1 Å². The van der Waals surface area contributed by atoms with Crippen molar-refractivity contribution in [1.82, 2.24) is 0 Å². The minimum Gasteiger partial charge on any atom is -0.399 e. The predicted molar refractivity (Wildman–Crippen MR) is 82.4 cm³/mol. The first kappa shape index (κ1) is 14.1. The highest BCUT2D eigenvalue weighted by molar-refractivity contribution is 9.10. The average Bonchev–Trinajstić information content (AvgIpc) is 2.44.